The smallest absolute Gasteiger partial charge is 0.194 e. The van der Waals surface area contributed by atoms with Gasteiger partial charge in [-0.1, -0.05) is 0 Å². The van der Waals surface area contributed by atoms with E-state index in [2.05, 4.69) is 36.2 Å². The third kappa shape index (κ3) is 4.46. The molecule has 0 amide bonds. The summed E-state index contributed by atoms with van der Waals surface area (Å²) >= 11 is 1.82. The van der Waals surface area contributed by atoms with E-state index in [1.54, 1.807) is 0 Å². The van der Waals surface area contributed by atoms with Crippen LogP contribution in [0.1, 0.15) is 29.5 Å². The zero-order valence-electron chi connectivity index (χ0n) is 14.1. The average molecular weight is 337 g/mol. The number of nitrogens with one attached hydrogen (secondary N) is 1. The quantitative estimate of drug-likeness (QED) is 0.677. The largest absolute Gasteiger partial charge is 0.375 e. The van der Waals surface area contributed by atoms with Gasteiger partial charge in [0.05, 0.1) is 19.3 Å². The summed E-state index contributed by atoms with van der Waals surface area (Å²) < 4.78 is 11.7. The van der Waals surface area contributed by atoms with E-state index >= 15 is 0 Å². The molecule has 0 spiro atoms. The highest BCUT2D eigenvalue weighted by Gasteiger charge is 2.32. The monoisotopic (exact) mass is 337 g/mol. The molecule has 128 valence electrons. The van der Waals surface area contributed by atoms with Gasteiger partial charge in [0.15, 0.2) is 5.96 Å². The van der Waals surface area contributed by atoms with Gasteiger partial charge in [0.1, 0.15) is 6.10 Å². The second-order valence-corrected chi connectivity index (χ2v) is 7.46. The van der Waals surface area contributed by atoms with E-state index in [-0.39, 0.29) is 12.2 Å². The number of morpholine rings is 1. The number of rotatable bonds is 4. The number of thiophene rings is 1. The van der Waals surface area contributed by atoms with Crippen LogP contribution >= 0.6 is 11.3 Å². The lowest BCUT2D eigenvalue weighted by Gasteiger charge is -2.37. The van der Waals surface area contributed by atoms with E-state index in [0.29, 0.717) is 0 Å². The lowest BCUT2D eigenvalue weighted by Crippen LogP contribution is -2.53. The Labute approximate surface area is 142 Å². The van der Waals surface area contributed by atoms with Crippen molar-refractivity contribution in [3.8, 4) is 0 Å². The van der Waals surface area contributed by atoms with Crippen molar-refractivity contribution in [1.82, 2.24) is 10.2 Å². The molecule has 0 saturated carbocycles. The van der Waals surface area contributed by atoms with Gasteiger partial charge in [-0.25, -0.2) is 4.99 Å². The summed E-state index contributed by atoms with van der Waals surface area (Å²) in [5.41, 5.74) is 0. The second kappa shape index (κ2) is 8.13. The SMILES string of the molecule is CCNC(=NCc1ccc(C)s1)N1CCOC(C2CCCO2)C1. The standard InChI is InChI=1S/C17H27N3O2S/c1-3-18-17(19-11-14-7-6-13(2)23-14)20-8-10-22-16(12-20)15-5-4-9-21-15/h6-7,15-16H,3-5,8-12H2,1-2H3,(H,18,19). The van der Waals surface area contributed by atoms with Gasteiger partial charge in [-0.15, -0.1) is 11.3 Å². The molecule has 5 nitrogen and oxygen atoms in total. The van der Waals surface area contributed by atoms with E-state index in [9.17, 15) is 0 Å². The molecule has 1 aromatic rings. The molecular formula is C17H27N3O2S. The molecule has 0 bridgehead atoms. The lowest BCUT2D eigenvalue weighted by molar-refractivity contribution is -0.0817. The van der Waals surface area contributed by atoms with Gasteiger partial charge < -0.3 is 19.7 Å². The van der Waals surface area contributed by atoms with Crippen molar-refractivity contribution >= 4 is 17.3 Å². The second-order valence-electron chi connectivity index (χ2n) is 6.09. The zero-order chi connectivity index (χ0) is 16.1. The minimum atomic E-state index is 0.166. The van der Waals surface area contributed by atoms with Crippen molar-refractivity contribution in [2.45, 2.75) is 45.4 Å². The third-order valence-electron chi connectivity index (χ3n) is 4.29. The fourth-order valence-electron chi connectivity index (χ4n) is 3.14. The number of ether oxygens (including phenoxy) is 2. The van der Waals surface area contributed by atoms with Gasteiger partial charge in [-0.3, -0.25) is 0 Å². The summed E-state index contributed by atoms with van der Waals surface area (Å²) in [5.74, 6) is 0.991. The van der Waals surface area contributed by atoms with E-state index in [1.165, 1.54) is 9.75 Å². The van der Waals surface area contributed by atoms with Crippen LogP contribution in [0.4, 0.5) is 0 Å². The molecular weight excluding hydrogens is 310 g/mol. The Bertz CT molecular complexity index is 526. The Morgan fingerprint density at radius 3 is 2.91 bits per heavy atom. The first-order valence-corrected chi connectivity index (χ1v) is 9.39. The minimum Gasteiger partial charge on any atom is -0.375 e. The maximum Gasteiger partial charge on any atom is 0.194 e. The molecule has 3 heterocycles. The van der Waals surface area contributed by atoms with Crippen molar-refractivity contribution in [2.24, 2.45) is 4.99 Å². The molecule has 0 radical (unpaired) electrons. The predicted octanol–water partition coefficient (Wildman–Crippen LogP) is 2.40. The molecule has 6 heteroatoms. The van der Waals surface area contributed by atoms with E-state index in [1.807, 2.05) is 11.3 Å². The number of hydrogen-bond donors (Lipinski definition) is 1. The number of nitrogens with zero attached hydrogens (tertiary/aromatic N) is 2. The Morgan fingerprint density at radius 2 is 2.22 bits per heavy atom. The van der Waals surface area contributed by atoms with E-state index in [4.69, 9.17) is 14.5 Å². The highest BCUT2D eigenvalue weighted by molar-refractivity contribution is 7.11. The van der Waals surface area contributed by atoms with Gasteiger partial charge in [0.2, 0.25) is 0 Å². The van der Waals surface area contributed by atoms with Crippen LogP contribution in [0.15, 0.2) is 17.1 Å². The van der Waals surface area contributed by atoms with Crippen molar-refractivity contribution in [3.05, 3.63) is 21.9 Å². The molecule has 2 unspecified atom stereocenters. The van der Waals surface area contributed by atoms with Gasteiger partial charge in [-0.05, 0) is 38.8 Å². The Balaban J connectivity index is 1.64. The van der Waals surface area contributed by atoms with Crippen LogP contribution in [0.25, 0.3) is 0 Å². The van der Waals surface area contributed by atoms with Crippen molar-refractivity contribution < 1.29 is 9.47 Å². The topological polar surface area (TPSA) is 46.1 Å². The summed E-state index contributed by atoms with van der Waals surface area (Å²) in [7, 11) is 0. The molecule has 2 aliphatic rings. The minimum absolute atomic E-state index is 0.166. The van der Waals surface area contributed by atoms with Crippen LogP contribution in [-0.2, 0) is 16.0 Å². The number of guanidine groups is 1. The molecule has 1 aromatic heterocycles. The Kier molecular flexibility index (Phi) is 5.91. The molecule has 2 aliphatic heterocycles. The summed E-state index contributed by atoms with van der Waals surface area (Å²) in [4.78, 5) is 9.79. The fraction of sp³-hybridized carbons (Fsp3) is 0.706. The summed E-state index contributed by atoms with van der Waals surface area (Å²) in [6.45, 7) is 9.23. The average Bonchev–Trinajstić information content (AvgIpc) is 3.23. The number of aliphatic imine (C=N–C) groups is 1. The van der Waals surface area contributed by atoms with Crippen LogP contribution in [-0.4, -0.2) is 55.9 Å². The highest BCUT2D eigenvalue weighted by Crippen LogP contribution is 2.21. The van der Waals surface area contributed by atoms with E-state index in [0.717, 1.165) is 58.2 Å². The molecule has 0 aromatic carbocycles. The molecule has 1 N–H and O–H groups in total. The molecule has 2 saturated heterocycles. The summed E-state index contributed by atoms with van der Waals surface area (Å²) in [5, 5.41) is 3.42. The number of aryl methyl sites for hydroxylation is 1. The maximum atomic E-state index is 5.94. The first-order valence-electron chi connectivity index (χ1n) is 8.58. The van der Waals surface area contributed by atoms with Crippen LogP contribution in [0.2, 0.25) is 0 Å². The molecule has 2 fully saturated rings. The third-order valence-corrected chi connectivity index (χ3v) is 5.27. The van der Waals surface area contributed by atoms with Gasteiger partial charge in [0, 0.05) is 36.0 Å². The summed E-state index contributed by atoms with van der Waals surface area (Å²) in [6, 6.07) is 4.33. The molecule has 23 heavy (non-hydrogen) atoms. The van der Waals surface area contributed by atoms with Crippen molar-refractivity contribution in [1.29, 1.82) is 0 Å². The molecule has 3 rings (SSSR count). The fourth-order valence-corrected chi connectivity index (χ4v) is 3.95. The Morgan fingerprint density at radius 1 is 1.35 bits per heavy atom. The summed E-state index contributed by atoms with van der Waals surface area (Å²) in [6.07, 6.45) is 2.68. The first-order chi connectivity index (χ1) is 11.3. The van der Waals surface area contributed by atoms with Crippen LogP contribution < -0.4 is 5.32 Å². The molecule has 0 aliphatic carbocycles. The number of hydrogen-bond acceptors (Lipinski definition) is 4. The van der Waals surface area contributed by atoms with Crippen molar-refractivity contribution in [2.75, 3.05) is 32.8 Å². The van der Waals surface area contributed by atoms with Gasteiger partial charge in [0.25, 0.3) is 0 Å². The molecule has 2 atom stereocenters. The van der Waals surface area contributed by atoms with Crippen molar-refractivity contribution in [3.63, 3.8) is 0 Å². The van der Waals surface area contributed by atoms with E-state index < -0.39 is 0 Å². The van der Waals surface area contributed by atoms with Gasteiger partial charge >= 0.3 is 0 Å². The van der Waals surface area contributed by atoms with Crippen LogP contribution in [0, 0.1) is 6.92 Å². The Hall–Kier alpha value is -1.11. The van der Waals surface area contributed by atoms with Gasteiger partial charge in [-0.2, -0.15) is 0 Å². The van der Waals surface area contributed by atoms with Crippen LogP contribution in [0.3, 0.4) is 0 Å². The predicted molar refractivity (Wildman–Crippen MR) is 94.2 cm³/mol. The highest BCUT2D eigenvalue weighted by atomic mass is 32.1. The zero-order valence-corrected chi connectivity index (χ0v) is 14.9. The van der Waals surface area contributed by atoms with Crippen LogP contribution in [0.5, 0.6) is 0 Å². The normalized spacial score (nSPS) is 25.8. The first kappa shape index (κ1) is 16.7. The maximum absolute atomic E-state index is 5.94. The lowest BCUT2D eigenvalue weighted by atomic mass is 10.1.